The monoisotopic (exact) mass is 411 g/mol. The van der Waals surface area contributed by atoms with Gasteiger partial charge in [-0.25, -0.2) is 0 Å². The van der Waals surface area contributed by atoms with Crippen molar-refractivity contribution < 1.29 is 14.3 Å². The Morgan fingerprint density at radius 2 is 1.90 bits per heavy atom. The number of thiocarbonyl (C=S) groups is 1. The maximum atomic E-state index is 12.5. The Hall–Kier alpha value is -3.19. The summed E-state index contributed by atoms with van der Waals surface area (Å²) in [7, 11) is 0. The van der Waals surface area contributed by atoms with Crippen LogP contribution in [0.5, 0.6) is 5.75 Å². The summed E-state index contributed by atoms with van der Waals surface area (Å²) in [4.78, 5) is 24.8. The number of benzene rings is 2. The Morgan fingerprint density at radius 3 is 2.62 bits per heavy atom. The standard InChI is InChI=1S/C22H25N3O3S/c1-4-12-23-21(27)18-10-5-6-11-19(18)24-22(29)25-20(26)16-8-7-9-17(13-16)28-14-15(2)3/h4-11,13,15H,1,12,14H2,2-3H3,(H,23,27)(H2,24,25,26,29). The van der Waals surface area contributed by atoms with Gasteiger partial charge in [-0.3, -0.25) is 14.9 Å². The molecule has 0 saturated heterocycles. The number of nitrogens with one attached hydrogen (secondary N) is 3. The second kappa shape index (κ2) is 11.0. The minimum atomic E-state index is -0.369. The van der Waals surface area contributed by atoms with Crippen LogP contribution >= 0.6 is 12.2 Å². The minimum Gasteiger partial charge on any atom is -0.493 e. The molecule has 0 bridgehead atoms. The van der Waals surface area contributed by atoms with E-state index in [1.165, 1.54) is 0 Å². The normalized spacial score (nSPS) is 10.2. The van der Waals surface area contributed by atoms with Gasteiger partial charge in [-0.15, -0.1) is 6.58 Å². The molecule has 0 aromatic heterocycles. The van der Waals surface area contributed by atoms with Gasteiger partial charge in [0.1, 0.15) is 5.75 Å². The lowest BCUT2D eigenvalue weighted by molar-refractivity contribution is 0.0956. The van der Waals surface area contributed by atoms with E-state index < -0.39 is 0 Å². The average molecular weight is 412 g/mol. The predicted octanol–water partition coefficient (Wildman–Crippen LogP) is 3.76. The molecular weight excluding hydrogens is 386 g/mol. The third-order valence-electron chi connectivity index (χ3n) is 3.73. The number of ether oxygens (including phenoxy) is 1. The molecule has 7 heteroatoms. The van der Waals surface area contributed by atoms with Gasteiger partial charge in [0.25, 0.3) is 11.8 Å². The quantitative estimate of drug-likeness (QED) is 0.455. The first-order chi connectivity index (χ1) is 13.9. The van der Waals surface area contributed by atoms with Crippen molar-refractivity contribution in [1.29, 1.82) is 0 Å². The van der Waals surface area contributed by atoms with Gasteiger partial charge in [-0.2, -0.15) is 0 Å². The van der Waals surface area contributed by atoms with E-state index in [-0.39, 0.29) is 16.9 Å². The van der Waals surface area contributed by atoms with E-state index in [1.54, 1.807) is 54.6 Å². The Labute approximate surface area is 176 Å². The summed E-state index contributed by atoms with van der Waals surface area (Å²) in [5.74, 6) is 0.366. The van der Waals surface area contributed by atoms with Crippen LogP contribution in [0, 0.1) is 5.92 Å². The summed E-state index contributed by atoms with van der Waals surface area (Å²) in [5, 5.41) is 8.33. The van der Waals surface area contributed by atoms with Gasteiger partial charge in [-0.05, 0) is 48.5 Å². The van der Waals surface area contributed by atoms with Crippen molar-refractivity contribution >= 4 is 34.8 Å². The Balaban J connectivity index is 2.03. The lowest BCUT2D eigenvalue weighted by atomic mass is 10.1. The molecule has 2 rings (SSSR count). The molecule has 0 aliphatic rings. The molecular formula is C22H25N3O3S. The van der Waals surface area contributed by atoms with Gasteiger partial charge < -0.3 is 15.4 Å². The molecule has 6 nitrogen and oxygen atoms in total. The fraction of sp³-hybridized carbons (Fsp3) is 0.227. The van der Waals surface area contributed by atoms with E-state index in [9.17, 15) is 9.59 Å². The molecule has 2 aromatic carbocycles. The summed E-state index contributed by atoms with van der Waals surface area (Å²) in [6.07, 6.45) is 1.60. The fourth-order valence-corrected chi connectivity index (χ4v) is 2.57. The Bertz CT molecular complexity index is 896. The molecule has 0 atom stereocenters. The van der Waals surface area contributed by atoms with Crippen LogP contribution in [-0.4, -0.2) is 30.1 Å². The first-order valence-corrected chi connectivity index (χ1v) is 9.65. The van der Waals surface area contributed by atoms with Crippen molar-refractivity contribution in [2.45, 2.75) is 13.8 Å². The number of anilines is 1. The third-order valence-corrected chi connectivity index (χ3v) is 3.94. The van der Waals surface area contributed by atoms with Crippen molar-refractivity contribution in [1.82, 2.24) is 10.6 Å². The number of carbonyl (C=O) groups excluding carboxylic acids is 2. The summed E-state index contributed by atoms with van der Waals surface area (Å²) >= 11 is 5.24. The van der Waals surface area contributed by atoms with Gasteiger partial charge >= 0.3 is 0 Å². The lowest BCUT2D eigenvalue weighted by Gasteiger charge is -2.14. The highest BCUT2D eigenvalue weighted by atomic mass is 32.1. The van der Waals surface area contributed by atoms with Crippen LogP contribution in [0.1, 0.15) is 34.6 Å². The van der Waals surface area contributed by atoms with Crippen molar-refractivity contribution in [3.05, 3.63) is 72.3 Å². The highest BCUT2D eigenvalue weighted by Gasteiger charge is 2.13. The van der Waals surface area contributed by atoms with Crippen LogP contribution in [0.3, 0.4) is 0 Å². The average Bonchev–Trinajstić information content (AvgIpc) is 2.71. The van der Waals surface area contributed by atoms with Crippen molar-refractivity contribution in [3.8, 4) is 5.75 Å². The molecule has 0 heterocycles. The molecule has 2 amide bonds. The molecule has 0 radical (unpaired) electrons. The van der Waals surface area contributed by atoms with Gasteiger partial charge in [0.15, 0.2) is 5.11 Å². The first-order valence-electron chi connectivity index (χ1n) is 9.24. The maximum Gasteiger partial charge on any atom is 0.257 e. The zero-order valence-electron chi connectivity index (χ0n) is 16.5. The van der Waals surface area contributed by atoms with Crippen molar-refractivity contribution in [2.24, 2.45) is 5.92 Å². The number of hydrogen-bond donors (Lipinski definition) is 3. The van der Waals surface area contributed by atoms with E-state index in [4.69, 9.17) is 17.0 Å². The van der Waals surface area contributed by atoms with E-state index in [0.717, 1.165) is 0 Å². The number of para-hydroxylation sites is 1. The van der Waals surface area contributed by atoms with E-state index >= 15 is 0 Å². The molecule has 2 aromatic rings. The zero-order valence-corrected chi connectivity index (χ0v) is 17.3. The largest absolute Gasteiger partial charge is 0.493 e. The summed E-state index contributed by atoms with van der Waals surface area (Å²) in [6, 6.07) is 13.8. The third kappa shape index (κ3) is 7.04. The smallest absolute Gasteiger partial charge is 0.257 e. The molecule has 3 N–H and O–H groups in total. The highest BCUT2D eigenvalue weighted by molar-refractivity contribution is 7.80. The number of rotatable bonds is 8. The fourth-order valence-electron chi connectivity index (χ4n) is 2.37. The second-order valence-electron chi connectivity index (χ2n) is 6.69. The van der Waals surface area contributed by atoms with Gasteiger partial charge in [0.05, 0.1) is 17.9 Å². The maximum absolute atomic E-state index is 12.5. The van der Waals surface area contributed by atoms with Crippen molar-refractivity contribution in [3.63, 3.8) is 0 Å². The first kappa shape index (κ1) is 22.1. The molecule has 0 aliphatic carbocycles. The van der Waals surface area contributed by atoms with Crippen LogP contribution in [0.15, 0.2) is 61.2 Å². The summed E-state index contributed by atoms with van der Waals surface area (Å²) in [6.45, 7) is 8.60. The van der Waals surface area contributed by atoms with E-state index in [1.807, 2.05) is 0 Å². The highest BCUT2D eigenvalue weighted by Crippen LogP contribution is 2.16. The van der Waals surface area contributed by atoms with Gasteiger partial charge in [0, 0.05) is 12.1 Å². The number of carbonyl (C=O) groups is 2. The summed E-state index contributed by atoms with van der Waals surface area (Å²) in [5.41, 5.74) is 1.33. The number of amides is 2. The van der Waals surface area contributed by atoms with Gasteiger partial charge in [-0.1, -0.05) is 38.1 Å². The molecule has 0 fully saturated rings. The van der Waals surface area contributed by atoms with Crippen LogP contribution < -0.4 is 20.7 Å². The zero-order chi connectivity index (χ0) is 21.2. The number of hydrogen-bond acceptors (Lipinski definition) is 4. The van der Waals surface area contributed by atoms with Gasteiger partial charge in [0.2, 0.25) is 0 Å². The lowest BCUT2D eigenvalue weighted by Crippen LogP contribution is -2.35. The molecule has 0 spiro atoms. The van der Waals surface area contributed by atoms with Crippen LogP contribution in [0.2, 0.25) is 0 Å². The Morgan fingerprint density at radius 1 is 1.14 bits per heavy atom. The summed E-state index contributed by atoms with van der Waals surface area (Å²) < 4.78 is 5.65. The Kier molecular flexibility index (Phi) is 8.36. The molecule has 0 aliphatic heterocycles. The molecule has 152 valence electrons. The molecule has 0 saturated carbocycles. The van der Waals surface area contributed by atoms with Crippen LogP contribution in [0.25, 0.3) is 0 Å². The van der Waals surface area contributed by atoms with E-state index in [2.05, 4.69) is 36.4 Å². The second-order valence-corrected chi connectivity index (χ2v) is 7.09. The van der Waals surface area contributed by atoms with Crippen LogP contribution in [0.4, 0.5) is 5.69 Å². The van der Waals surface area contributed by atoms with Crippen molar-refractivity contribution in [2.75, 3.05) is 18.5 Å². The van der Waals surface area contributed by atoms with E-state index in [0.29, 0.717) is 41.6 Å². The van der Waals surface area contributed by atoms with Crippen LogP contribution in [-0.2, 0) is 0 Å². The predicted molar refractivity (Wildman–Crippen MR) is 119 cm³/mol. The molecule has 29 heavy (non-hydrogen) atoms. The topological polar surface area (TPSA) is 79.5 Å². The SMILES string of the molecule is C=CCNC(=O)c1ccccc1NC(=S)NC(=O)c1cccc(OCC(C)C)c1. The molecule has 0 unspecified atom stereocenters. The minimum absolute atomic E-state index is 0.0903.